The van der Waals surface area contributed by atoms with Gasteiger partial charge in [0.25, 0.3) is 0 Å². The Bertz CT molecular complexity index is 802. The minimum atomic E-state index is -0.125. The van der Waals surface area contributed by atoms with Crippen molar-refractivity contribution >= 4 is 11.8 Å². The molecule has 2 heterocycles. The average Bonchev–Trinajstić information content (AvgIpc) is 3.13. The molecule has 0 amide bonds. The molecule has 0 atom stereocenters. The zero-order valence-corrected chi connectivity index (χ0v) is 15.3. The number of aromatic nitrogens is 4. The molecule has 2 aromatic heterocycles. The first-order valence-corrected chi connectivity index (χ1v) is 8.95. The molecule has 0 aliphatic heterocycles. The van der Waals surface area contributed by atoms with Crippen LogP contribution in [0.15, 0.2) is 39.9 Å². The van der Waals surface area contributed by atoms with E-state index in [1.165, 1.54) is 5.56 Å². The third-order valence-electron chi connectivity index (χ3n) is 3.62. The van der Waals surface area contributed by atoms with Crippen molar-refractivity contribution in [1.82, 2.24) is 20.2 Å². The summed E-state index contributed by atoms with van der Waals surface area (Å²) in [4.78, 5) is 8.03. The standard InChI is InChI=1S/C18H22N4OS/c1-12-14(10-13-8-6-5-7-9-13)20-17(19-12)24-11-15-21-22-16(23-15)18(2,3)4/h5-9H,10-11H2,1-4H3,(H,19,20). The lowest BCUT2D eigenvalue weighted by Crippen LogP contribution is -2.11. The lowest BCUT2D eigenvalue weighted by molar-refractivity contribution is 0.378. The number of imidazole rings is 1. The average molecular weight is 342 g/mol. The van der Waals surface area contributed by atoms with Crippen molar-refractivity contribution in [2.75, 3.05) is 0 Å². The zero-order valence-electron chi connectivity index (χ0n) is 14.5. The van der Waals surface area contributed by atoms with Gasteiger partial charge in [0, 0.05) is 17.5 Å². The van der Waals surface area contributed by atoms with E-state index in [9.17, 15) is 0 Å². The number of rotatable bonds is 5. The molecular weight excluding hydrogens is 320 g/mol. The molecule has 0 unspecified atom stereocenters. The van der Waals surface area contributed by atoms with Gasteiger partial charge in [-0.3, -0.25) is 0 Å². The highest BCUT2D eigenvalue weighted by molar-refractivity contribution is 7.98. The van der Waals surface area contributed by atoms with Crippen LogP contribution in [0.4, 0.5) is 0 Å². The van der Waals surface area contributed by atoms with Gasteiger partial charge in [0.1, 0.15) is 0 Å². The normalized spacial score (nSPS) is 11.8. The van der Waals surface area contributed by atoms with Gasteiger partial charge >= 0.3 is 0 Å². The predicted octanol–water partition coefficient (Wildman–Crippen LogP) is 4.28. The van der Waals surface area contributed by atoms with Crippen molar-refractivity contribution in [3.63, 3.8) is 0 Å². The fraction of sp³-hybridized carbons (Fsp3) is 0.389. The van der Waals surface area contributed by atoms with Crippen LogP contribution in [-0.2, 0) is 17.6 Å². The first kappa shape index (κ1) is 16.8. The van der Waals surface area contributed by atoms with Crippen LogP contribution in [-0.4, -0.2) is 20.2 Å². The zero-order chi connectivity index (χ0) is 17.2. The lowest BCUT2D eigenvalue weighted by Gasteiger charge is -2.10. The topological polar surface area (TPSA) is 67.6 Å². The molecule has 5 nitrogen and oxygen atoms in total. The number of thioether (sulfide) groups is 1. The molecule has 1 aromatic carbocycles. The number of aryl methyl sites for hydroxylation is 1. The molecule has 3 aromatic rings. The Morgan fingerprint density at radius 3 is 2.54 bits per heavy atom. The molecule has 0 aliphatic rings. The van der Waals surface area contributed by atoms with Gasteiger partial charge in [-0.15, -0.1) is 10.2 Å². The summed E-state index contributed by atoms with van der Waals surface area (Å²) in [5, 5.41) is 9.12. The molecule has 126 valence electrons. The van der Waals surface area contributed by atoms with Crippen LogP contribution >= 0.6 is 11.8 Å². The van der Waals surface area contributed by atoms with E-state index >= 15 is 0 Å². The van der Waals surface area contributed by atoms with E-state index in [4.69, 9.17) is 9.40 Å². The fourth-order valence-electron chi connectivity index (χ4n) is 2.24. The number of H-pyrrole nitrogens is 1. The molecule has 0 aliphatic carbocycles. The quantitative estimate of drug-likeness (QED) is 0.701. The maximum atomic E-state index is 5.72. The van der Waals surface area contributed by atoms with Gasteiger partial charge in [0.05, 0.1) is 11.4 Å². The third kappa shape index (κ3) is 4.06. The minimum absolute atomic E-state index is 0.125. The lowest BCUT2D eigenvalue weighted by atomic mass is 9.97. The summed E-state index contributed by atoms with van der Waals surface area (Å²) in [6.45, 7) is 8.23. The van der Waals surface area contributed by atoms with E-state index in [2.05, 4.69) is 67.1 Å². The molecular formula is C18H22N4OS. The van der Waals surface area contributed by atoms with Crippen LogP contribution in [0.3, 0.4) is 0 Å². The molecule has 0 bridgehead atoms. The summed E-state index contributed by atoms with van der Waals surface area (Å²) >= 11 is 1.58. The number of hydrogen-bond donors (Lipinski definition) is 1. The van der Waals surface area contributed by atoms with Gasteiger partial charge in [0.2, 0.25) is 11.8 Å². The largest absolute Gasteiger partial charge is 0.424 e. The maximum absolute atomic E-state index is 5.72. The van der Waals surface area contributed by atoms with E-state index in [-0.39, 0.29) is 5.41 Å². The summed E-state index contributed by atoms with van der Waals surface area (Å²) in [7, 11) is 0. The van der Waals surface area contributed by atoms with Crippen LogP contribution in [0.5, 0.6) is 0 Å². The Kier molecular flexibility index (Phi) is 4.76. The molecule has 6 heteroatoms. The van der Waals surface area contributed by atoms with Crippen molar-refractivity contribution in [3.05, 3.63) is 59.1 Å². The Morgan fingerprint density at radius 2 is 1.88 bits per heavy atom. The van der Waals surface area contributed by atoms with Gasteiger partial charge in [0.15, 0.2) is 5.16 Å². The van der Waals surface area contributed by atoms with Crippen LogP contribution in [0.1, 0.15) is 49.5 Å². The summed E-state index contributed by atoms with van der Waals surface area (Å²) < 4.78 is 5.72. The van der Waals surface area contributed by atoms with Gasteiger partial charge in [-0.25, -0.2) is 4.98 Å². The second-order valence-electron chi connectivity index (χ2n) is 6.82. The Hall–Kier alpha value is -2.08. The van der Waals surface area contributed by atoms with Crippen LogP contribution in [0.2, 0.25) is 0 Å². The van der Waals surface area contributed by atoms with Crippen molar-refractivity contribution < 1.29 is 4.42 Å². The van der Waals surface area contributed by atoms with Gasteiger partial charge in [-0.2, -0.15) is 0 Å². The third-order valence-corrected chi connectivity index (χ3v) is 4.48. The highest BCUT2D eigenvalue weighted by Crippen LogP contribution is 2.25. The predicted molar refractivity (Wildman–Crippen MR) is 95.1 cm³/mol. The monoisotopic (exact) mass is 342 g/mol. The van der Waals surface area contributed by atoms with Gasteiger partial charge < -0.3 is 9.40 Å². The van der Waals surface area contributed by atoms with Crippen LogP contribution < -0.4 is 0 Å². The first-order chi connectivity index (χ1) is 11.4. The Morgan fingerprint density at radius 1 is 1.12 bits per heavy atom. The second kappa shape index (κ2) is 6.81. The van der Waals surface area contributed by atoms with Crippen molar-refractivity contribution in [3.8, 4) is 0 Å². The van der Waals surface area contributed by atoms with Crippen molar-refractivity contribution in [1.29, 1.82) is 0 Å². The fourth-order valence-corrected chi connectivity index (χ4v) is 3.02. The highest BCUT2D eigenvalue weighted by atomic mass is 32.2. The molecule has 0 fully saturated rings. The van der Waals surface area contributed by atoms with Gasteiger partial charge in [-0.05, 0) is 12.5 Å². The number of benzene rings is 1. The highest BCUT2D eigenvalue weighted by Gasteiger charge is 2.21. The Labute approximate surface area is 146 Å². The van der Waals surface area contributed by atoms with E-state index in [1.807, 2.05) is 6.07 Å². The molecule has 0 spiro atoms. The van der Waals surface area contributed by atoms with E-state index in [1.54, 1.807) is 11.8 Å². The number of aromatic amines is 1. The molecule has 24 heavy (non-hydrogen) atoms. The van der Waals surface area contributed by atoms with E-state index < -0.39 is 0 Å². The molecule has 0 saturated carbocycles. The van der Waals surface area contributed by atoms with E-state index in [0.717, 1.165) is 23.0 Å². The molecule has 1 N–H and O–H groups in total. The van der Waals surface area contributed by atoms with Crippen molar-refractivity contribution in [2.45, 2.75) is 50.4 Å². The summed E-state index contributed by atoms with van der Waals surface area (Å²) in [5.74, 6) is 1.91. The van der Waals surface area contributed by atoms with Gasteiger partial charge in [-0.1, -0.05) is 62.9 Å². The SMILES string of the molecule is Cc1[nH]c(SCc2nnc(C(C)(C)C)o2)nc1Cc1ccccc1. The number of hydrogen-bond acceptors (Lipinski definition) is 5. The summed E-state index contributed by atoms with van der Waals surface area (Å²) in [5.41, 5.74) is 3.31. The maximum Gasteiger partial charge on any atom is 0.226 e. The second-order valence-corrected chi connectivity index (χ2v) is 7.78. The number of nitrogens with one attached hydrogen (secondary N) is 1. The van der Waals surface area contributed by atoms with Crippen LogP contribution in [0.25, 0.3) is 0 Å². The first-order valence-electron chi connectivity index (χ1n) is 7.97. The van der Waals surface area contributed by atoms with Crippen molar-refractivity contribution in [2.24, 2.45) is 0 Å². The molecule has 0 radical (unpaired) electrons. The molecule has 3 rings (SSSR count). The van der Waals surface area contributed by atoms with Crippen LogP contribution in [0, 0.1) is 6.92 Å². The summed E-state index contributed by atoms with van der Waals surface area (Å²) in [6, 6.07) is 10.4. The number of nitrogens with zero attached hydrogens (tertiary/aromatic N) is 3. The summed E-state index contributed by atoms with van der Waals surface area (Å²) in [6.07, 6.45) is 0.832. The smallest absolute Gasteiger partial charge is 0.226 e. The van der Waals surface area contributed by atoms with E-state index in [0.29, 0.717) is 17.5 Å². The molecule has 0 saturated heterocycles. The Balaban J connectivity index is 1.64. The minimum Gasteiger partial charge on any atom is -0.424 e.